The van der Waals surface area contributed by atoms with Crippen molar-refractivity contribution in [3.05, 3.63) is 97.8 Å². The van der Waals surface area contributed by atoms with E-state index in [1.54, 1.807) is 36.4 Å². The Hall–Kier alpha value is -3.30. The Labute approximate surface area is 179 Å². The van der Waals surface area contributed by atoms with Crippen molar-refractivity contribution in [2.24, 2.45) is 0 Å². The van der Waals surface area contributed by atoms with E-state index in [0.29, 0.717) is 10.7 Å². The largest absolute Gasteiger partial charge is 0.369 e. The third-order valence-corrected chi connectivity index (χ3v) is 5.61. The number of carbonyl (C=O) groups is 1. The number of amides is 1. The summed E-state index contributed by atoms with van der Waals surface area (Å²) in [5.74, 6) is -0.802. The molecule has 30 heavy (non-hydrogen) atoms. The molecule has 1 atom stereocenters. The molecule has 152 valence electrons. The average Bonchev–Trinajstić information content (AvgIpc) is 3.39. The molecule has 0 aliphatic heterocycles. The fourth-order valence-electron chi connectivity index (χ4n) is 2.92. The molecule has 0 aliphatic rings. The average molecular weight is 444 g/mol. The Kier molecular flexibility index (Phi) is 5.73. The molecule has 2 aromatic carbocycles. The normalized spacial score (nSPS) is 11.9. The molecule has 0 aliphatic carbocycles. The van der Waals surface area contributed by atoms with Crippen LogP contribution in [0.5, 0.6) is 0 Å². The number of nitrogens with one attached hydrogen (secondary N) is 1. The second-order valence-electron chi connectivity index (χ2n) is 6.35. The Bertz CT molecular complexity index is 1220. The van der Waals surface area contributed by atoms with Gasteiger partial charge in [0.25, 0.3) is 0 Å². The topological polar surface area (TPSA) is 81.8 Å². The molecule has 0 spiro atoms. The summed E-state index contributed by atoms with van der Waals surface area (Å²) in [5, 5.41) is 12.7. The van der Waals surface area contributed by atoms with E-state index in [1.165, 1.54) is 23.5 Å². The Morgan fingerprint density at radius 3 is 2.57 bits per heavy atom. The Balaban J connectivity index is 1.56. The number of para-hydroxylation sites is 1. The highest BCUT2D eigenvalue weighted by atomic mass is 35.5. The third-order valence-electron chi connectivity index (χ3n) is 4.35. The number of carbonyl (C=O) groups excluding carboxylic acids is 1. The standard InChI is InChI=1S/C20H15ClFN5O2S/c21-15-4-1-2-5-16(15)27-20(29)26(24-25-27)12-18(28)23-19(17-6-3-11-30-17)13-7-9-14(22)10-8-13/h1-11,19H,12H2,(H,23,28)/t19-/m1/s1. The summed E-state index contributed by atoms with van der Waals surface area (Å²) in [7, 11) is 0. The number of benzene rings is 2. The summed E-state index contributed by atoms with van der Waals surface area (Å²) in [6.07, 6.45) is 0. The van der Waals surface area contributed by atoms with Gasteiger partial charge in [-0.1, -0.05) is 41.9 Å². The predicted octanol–water partition coefficient (Wildman–Crippen LogP) is 3.19. The van der Waals surface area contributed by atoms with Crippen molar-refractivity contribution in [3.63, 3.8) is 0 Å². The summed E-state index contributed by atoms with van der Waals surface area (Å²) in [6, 6.07) is 15.9. The summed E-state index contributed by atoms with van der Waals surface area (Å²) in [5.41, 5.74) is 0.505. The maximum Gasteiger partial charge on any atom is 0.369 e. The van der Waals surface area contributed by atoms with Crippen molar-refractivity contribution in [2.45, 2.75) is 12.6 Å². The van der Waals surface area contributed by atoms with Crippen molar-refractivity contribution in [1.29, 1.82) is 0 Å². The van der Waals surface area contributed by atoms with E-state index >= 15 is 0 Å². The number of hydrogen-bond donors (Lipinski definition) is 1. The summed E-state index contributed by atoms with van der Waals surface area (Å²) in [6.45, 7) is -0.327. The van der Waals surface area contributed by atoms with Crippen LogP contribution in [0.15, 0.2) is 70.8 Å². The maximum absolute atomic E-state index is 13.3. The van der Waals surface area contributed by atoms with Crippen LogP contribution in [0, 0.1) is 5.82 Å². The van der Waals surface area contributed by atoms with E-state index in [9.17, 15) is 14.0 Å². The Morgan fingerprint density at radius 2 is 1.87 bits per heavy atom. The van der Waals surface area contributed by atoms with Crippen LogP contribution in [0.3, 0.4) is 0 Å². The van der Waals surface area contributed by atoms with Gasteiger partial charge in [-0.25, -0.2) is 9.18 Å². The van der Waals surface area contributed by atoms with Crippen molar-refractivity contribution >= 4 is 28.8 Å². The predicted molar refractivity (Wildman–Crippen MR) is 111 cm³/mol. The van der Waals surface area contributed by atoms with Crippen LogP contribution in [0.2, 0.25) is 5.02 Å². The molecule has 1 amide bonds. The first-order valence-electron chi connectivity index (χ1n) is 8.89. The molecule has 2 heterocycles. The van der Waals surface area contributed by atoms with E-state index in [0.717, 1.165) is 19.8 Å². The van der Waals surface area contributed by atoms with Gasteiger partial charge < -0.3 is 5.32 Å². The molecule has 0 bridgehead atoms. The molecule has 0 unspecified atom stereocenters. The van der Waals surface area contributed by atoms with E-state index < -0.39 is 17.6 Å². The highest BCUT2D eigenvalue weighted by Gasteiger charge is 2.20. The van der Waals surface area contributed by atoms with Crippen LogP contribution < -0.4 is 11.0 Å². The molecule has 1 N–H and O–H groups in total. The lowest BCUT2D eigenvalue weighted by Crippen LogP contribution is -2.35. The molecule has 0 saturated heterocycles. The van der Waals surface area contributed by atoms with E-state index in [-0.39, 0.29) is 12.4 Å². The zero-order valence-corrected chi connectivity index (χ0v) is 17.0. The Morgan fingerprint density at radius 1 is 1.10 bits per heavy atom. The molecule has 4 aromatic rings. The van der Waals surface area contributed by atoms with Crippen molar-refractivity contribution in [1.82, 2.24) is 25.1 Å². The van der Waals surface area contributed by atoms with Crippen LogP contribution in [-0.4, -0.2) is 25.7 Å². The number of halogens is 2. The minimum absolute atomic E-state index is 0.327. The van der Waals surface area contributed by atoms with Gasteiger partial charge in [-0.15, -0.1) is 11.3 Å². The van der Waals surface area contributed by atoms with Crippen molar-refractivity contribution < 1.29 is 9.18 Å². The number of rotatable bonds is 6. The molecule has 0 radical (unpaired) electrons. The minimum atomic E-state index is -0.590. The zero-order valence-electron chi connectivity index (χ0n) is 15.4. The van der Waals surface area contributed by atoms with Gasteiger partial charge in [-0.05, 0) is 51.7 Å². The lowest BCUT2D eigenvalue weighted by atomic mass is 10.1. The maximum atomic E-state index is 13.3. The SMILES string of the molecule is O=C(Cn1nnn(-c2ccccc2Cl)c1=O)N[C@H](c1ccc(F)cc1)c1cccs1. The first-order chi connectivity index (χ1) is 14.5. The molecule has 7 nitrogen and oxygen atoms in total. The minimum Gasteiger partial charge on any atom is -0.343 e. The highest BCUT2D eigenvalue weighted by molar-refractivity contribution is 7.10. The van der Waals surface area contributed by atoms with Gasteiger partial charge in [0.2, 0.25) is 5.91 Å². The smallest absolute Gasteiger partial charge is 0.343 e. The fourth-order valence-corrected chi connectivity index (χ4v) is 3.94. The van der Waals surface area contributed by atoms with Crippen LogP contribution >= 0.6 is 22.9 Å². The fraction of sp³-hybridized carbons (Fsp3) is 0.100. The zero-order chi connectivity index (χ0) is 21.1. The molecular formula is C20H15ClFN5O2S. The van der Waals surface area contributed by atoms with Gasteiger partial charge in [-0.2, -0.15) is 9.36 Å². The number of thiophene rings is 1. The number of nitrogens with zero attached hydrogens (tertiary/aromatic N) is 4. The third kappa shape index (κ3) is 4.17. The van der Waals surface area contributed by atoms with Gasteiger partial charge in [0.05, 0.1) is 16.8 Å². The van der Waals surface area contributed by atoms with Crippen LogP contribution in [0.1, 0.15) is 16.5 Å². The summed E-state index contributed by atoms with van der Waals surface area (Å²) in [4.78, 5) is 26.2. The number of hydrogen-bond acceptors (Lipinski definition) is 5. The molecular weight excluding hydrogens is 429 g/mol. The first-order valence-corrected chi connectivity index (χ1v) is 10.1. The van der Waals surface area contributed by atoms with E-state index in [4.69, 9.17) is 11.6 Å². The lowest BCUT2D eigenvalue weighted by molar-refractivity contribution is -0.122. The molecule has 0 fully saturated rings. The second-order valence-corrected chi connectivity index (χ2v) is 7.74. The lowest BCUT2D eigenvalue weighted by Gasteiger charge is -2.18. The second kappa shape index (κ2) is 8.60. The van der Waals surface area contributed by atoms with Crippen LogP contribution in [0.25, 0.3) is 5.69 Å². The van der Waals surface area contributed by atoms with E-state index in [1.807, 2.05) is 17.5 Å². The quantitative estimate of drug-likeness (QED) is 0.496. The molecule has 10 heteroatoms. The monoisotopic (exact) mass is 443 g/mol. The van der Waals surface area contributed by atoms with Gasteiger partial charge in [0.15, 0.2) is 0 Å². The van der Waals surface area contributed by atoms with Crippen LogP contribution in [-0.2, 0) is 11.3 Å². The van der Waals surface area contributed by atoms with Crippen molar-refractivity contribution in [2.75, 3.05) is 0 Å². The number of tetrazole rings is 1. The van der Waals surface area contributed by atoms with Crippen molar-refractivity contribution in [3.8, 4) is 5.69 Å². The summed E-state index contributed by atoms with van der Waals surface area (Å²) >= 11 is 7.57. The van der Waals surface area contributed by atoms with Crippen LogP contribution in [0.4, 0.5) is 4.39 Å². The molecule has 4 rings (SSSR count). The number of aromatic nitrogens is 4. The van der Waals surface area contributed by atoms with Gasteiger partial charge in [0, 0.05) is 4.88 Å². The highest BCUT2D eigenvalue weighted by Crippen LogP contribution is 2.26. The van der Waals surface area contributed by atoms with Gasteiger partial charge >= 0.3 is 5.69 Å². The molecule has 0 saturated carbocycles. The van der Waals surface area contributed by atoms with Gasteiger partial charge in [-0.3, -0.25) is 4.79 Å². The van der Waals surface area contributed by atoms with E-state index in [2.05, 4.69) is 15.7 Å². The summed E-state index contributed by atoms with van der Waals surface area (Å²) < 4.78 is 15.3. The first kappa shape index (κ1) is 20.0. The molecule has 2 aromatic heterocycles. The van der Waals surface area contributed by atoms with Gasteiger partial charge in [0.1, 0.15) is 12.4 Å².